The van der Waals surface area contributed by atoms with Crippen LogP contribution in [-0.2, 0) is 0 Å². The first kappa shape index (κ1) is 13.3. The number of rotatable bonds is 5. The van der Waals surface area contributed by atoms with E-state index in [1.807, 2.05) is 6.92 Å². The average molecular weight is 291 g/mol. The SMILES string of the molecule is CCC(O)CCNc1cc(F)c(Br)cc1N. The van der Waals surface area contributed by atoms with Crippen molar-refractivity contribution in [3.8, 4) is 0 Å². The summed E-state index contributed by atoms with van der Waals surface area (Å²) >= 11 is 3.06. The molecule has 0 radical (unpaired) electrons. The Kier molecular flexibility index (Phi) is 5.02. The fourth-order valence-corrected chi connectivity index (χ4v) is 1.65. The van der Waals surface area contributed by atoms with Crippen LogP contribution in [0.4, 0.5) is 15.8 Å². The summed E-state index contributed by atoms with van der Waals surface area (Å²) in [6.45, 7) is 2.48. The molecular formula is C11H16BrFN2O. The Morgan fingerprint density at radius 3 is 2.88 bits per heavy atom. The van der Waals surface area contributed by atoms with Crippen LogP contribution < -0.4 is 11.1 Å². The summed E-state index contributed by atoms with van der Waals surface area (Å²) in [5.74, 6) is -0.354. The number of nitrogens with two attached hydrogens (primary N) is 1. The molecule has 1 rings (SSSR count). The summed E-state index contributed by atoms with van der Waals surface area (Å²) in [5.41, 5.74) is 6.76. The molecule has 3 nitrogen and oxygen atoms in total. The van der Waals surface area contributed by atoms with Gasteiger partial charge in [0, 0.05) is 12.6 Å². The summed E-state index contributed by atoms with van der Waals surface area (Å²) in [6, 6.07) is 2.87. The van der Waals surface area contributed by atoms with E-state index in [0.29, 0.717) is 35.2 Å². The highest BCUT2D eigenvalue weighted by atomic mass is 79.9. The maximum absolute atomic E-state index is 13.2. The molecule has 0 aliphatic carbocycles. The summed E-state index contributed by atoms with van der Waals surface area (Å²) in [6.07, 6.45) is 1.01. The first-order chi connectivity index (χ1) is 7.54. The van der Waals surface area contributed by atoms with Crippen molar-refractivity contribution in [2.24, 2.45) is 0 Å². The lowest BCUT2D eigenvalue weighted by atomic mass is 10.2. The van der Waals surface area contributed by atoms with E-state index in [4.69, 9.17) is 5.73 Å². The van der Waals surface area contributed by atoms with Crippen molar-refractivity contribution in [1.29, 1.82) is 0 Å². The van der Waals surface area contributed by atoms with Gasteiger partial charge in [-0.3, -0.25) is 0 Å². The van der Waals surface area contributed by atoms with Gasteiger partial charge in [-0.05, 0) is 34.8 Å². The Labute approximate surface area is 103 Å². The van der Waals surface area contributed by atoms with Crippen molar-refractivity contribution < 1.29 is 9.50 Å². The van der Waals surface area contributed by atoms with Crippen molar-refractivity contribution in [1.82, 2.24) is 0 Å². The maximum Gasteiger partial charge on any atom is 0.139 e. The molecule has 0 saturated carbocycles. The highest BCUT2D eigenvalue weighted by molar-refractivity contribution is 9.10. The molecule has 1 aromatic rings. The highest BCUT2D eigenvalue weighted by Gasteiger charge is 2.06. The largest absolute Gasteiger partial charge is 0.397 e. The quantitative estimate of drug-likeness (QED) is 0.731. The molecule has 1 aromatic carbocycles. The third-order valence-electron chi connectivity index (χ3n) is 2.36. The second-order valence-electron chi connectivity index (χ2n) is 3.63. The summed E-state index contributed by atoms with van der Waals surface area (Å²) in [5, 5.41) is 12.4. The molecule has 0 saturated heterocycles. The van der Waals surface area contributed by atoms with Crippen LogP contribution in [0.25, 0.3) is 0 Å². The number of hydrogen-bond donors (Lipinski definition) is 3. The van der Waals surface area contributed by atoms with Crippen LogP contribution in [0.3, 0.4) is 0 Å². The van der Waals surface area contributed by atoms with Crippen molar-refractivity contribution >= 4 is 27.3 Å². The van der Waals surface area contributed by atoms with Crippen LogP contribution >= 0.6 is 15.9 Å². The van der Waals surface area contributed by atoms with Crippen LogP contribution in [-0.4, -0.2) is 17.8 Å². The molecule has 90 valence electrons. The number of benzene rings is 1. The lowest BCUT2D eigenvalue weighted by Gasteiger charge is -2.12. The average Bonchev–Trinajstić information content (AvgIpc) is 2.25. The lowest BCUT2D eigenvalue weighted by molar-refractivity contribution is 0.164. The van der Waals surface area contributed by atoms with Gasteiger partial charge in [-0.2, -0.15) is 0 Å². The monoisotopic (exact) mass is 290 g/mol. The minimum atomic E-state index is -0.354. The molecule has 5 heteroatoms. The Morgan fingerprint density at radius 1 is 1.56 bits per heavy atom. The number of halogens is 2. The van der Waals surface area contributed by atoms with Crippen LogP contribution in [0.2, 0.25) is 0 Å². The number of aliphatic hydroxyl groups excluding tert-OH is 1. The molecule has 0 spiro atoms. The van der Waals surface area contributed by atoms with Gasteiger partial charge in [0.15, 0.2) is 0 Å². The van der Waals surface area contributed by atoms with E-state index >= 15 is 0 Å². The Morgan fingerprint density at radius 2 is 2.25 bits per heavy atom. The molecule has 0 aromatic heterocycles. The minimum Gasteiger partial charge on any atom is -0.397 e. The number of hydrogen-bond acceptors (Lipinski definition) is 3. The number of anilines is 2. The van der Waals surface area contributed by atoms with Crippen LogP contribution in [0.1, 0.15) is 19.8 Å². The van der Waals surface area contributed by atoms with Gasteiger partial charge in [0.25, 0.3) is 0 Å². The summed E-state index contributed by atoms with van der Waals surface area (Å²) in [7, 11) is 0. The van der Waals surface area contributed by atoms with E-state index in [1.54, 1.807) is 0 Å². The molecule has 0 bridgehead atoms. The van der Waals surface area contributed by atoms with E-state index in [0.717, 1.165) is 0 Å². The summed E-state index contributed by atoms with van der Waals surface area (Å²) < 4.78 is 13.6. The first-order valence-corrected chi connectivity index (χ1v) is 6.00. The van der Waals surface area contributed by atoms with Gasteiger partial charge in [-0.1, -0.05) is 6.92 Å². The minimum absolute atomic E-state index is 0.325. The molecule has 4 N–H and O–H groups in total. The highest BCUT2D eigenvalue weighted by Crippen LogP contribution is 2.26. The number of nitrogen functional groups attached to an aromatic ring is 1. The first-order valence-electron chi connectivity index (χ1n) is 5.21. The molecule has 0 amide bonds. The summed E-state index contributed by atoms with van der Waals surface area (Å²) in [4.78, 5) is 0. The standard InChI is InChI=1S/C11H16BrFN2O/c1-2-7(16)3-4-15-11-6-9(13)8(12)5-10(11)14/h5-7,15-16H,2-4,14H2,1H3. The van der Waals surface area contributed by atoms with Gasteiger partial charge in [0.2, 0.25) is 0 Å². The second-order valence-corrected chi connectivity index (χ2v) is 4.49. The van der Waals surface area contributed by atoms with E-state index in [-0.39, 0.29) is 11.9 Å². The van der Waals surface area contributed by atoms with Crippen LogP contribution in [0, 0.1) is 5.82 Å². The third kappa shape index (κ3) is 3.64. The molecule has 1 unspecified atom stereocenters. The molecule has 0 aliphatic heterocycles. The normalized spacial score (nSPS) is 12.5. The van der Waals surface area contributed by atoms with Crippen LogP contribution in [0.15, 0.2) is 16.6 Å². The van der Waals surface area contributed by atoms with E-state index in [9.17, 15) is 9.50 Å². The van der Waals surface area contributed by atoms with Crippen molar-refractivity contribution in [3.63, 3.8) is 0 Å². The van der Waals surface area contributed by atoms with Crippen molar-refractivity contribution in [2.45, 2.75) is 25.9 Å². The van der Waals surface area contributed by atoms with E-state index in [2.05, 4.69) is 21.2 Å². The van der Waals surface area contributed by atoms with Crippen molar-refractivity contribution in [3.05, 3.63) is 22.4 Å². The molecule has 1 atom stereocenters. The fourth-order valence-electron chi connectivity index (χ4n) is 1.29. The molecule has 0 heterocycles. The van der Waals surface area contributed by atoms with Gasteiger partial charge in [-0.15, -0.1) is 0 Å². The zero-order valence-electron chi connectivity index (χ0n) is 9.13. The third-order valence-corrected chi connectivity index (χ3v) is 2.96. The Hall–Kier alpha value is -0.810. The molecule has 0 aliphatic rings. The smallest absolute Gasteiger partial charge is 0.139 e. The van der Waals surface area contributed by atoms with Gasteiger partial charge in [-0.25, -0.2) is 4.39 Å². The molecular weight excluding hydrogens is 275 g/mol. The molecule has 16 heavy (non-hydrogen) atoms. The maximum atomic E-state index is 13.2. The lowest BCUT2D eigenvalue weighted by Crippen LogP contribution is -2.13. The molecule has 0 fully saturated rings. The Bertz CT molecular complexity index is 360. The van der Waals surface area contributed by atoms with Gasteiger partial charge in [0.05, 0.1) is 22.0 Å². The number of nitrogens with one attached hydrogen (secondary N) is 1. The second kappa shape index (κ2) is 6.06. The predicted molar refractivity (Wildman–Crippen MR) is 67.9 cm³/mol. The van der Waals surface area contributed by atoms with Crippen LogP contribution in [0.5, 0.6) is 0 Å². The zero-order chi connectivity index (χ0) is 12.1. The van der Waals surface area contributed by atoms with Gasteiger partial charge >= 0.3 is 0 Å². The fraction of sp³-hybridized carbons (Fsp3) is 0.455. The Balaban J connectivity index is 2.57. The van der Waals surface area contributed by atoms with E-state index < -0.39 is 0 Å². The van der Waals surface area contributed by atoms with E-state index in [1.165, 1.54) is 12.1 Å². The van der Waals surface area contributed by atoms with Gasteiger partial charge in [0.1, 0.15) is 5.82 Å². The van der Waals surface area contributed by atoms with Crippen molar-refractivity contribution in [2.75, 3.05) is 17.6 Å². The van der Waals surface area contributed by atoms with Gasteiger partial charge < -0.3 is 16.2 Å². The number of aliphatic hydroxyl groups is 1. The zero-order valence-corrected chi connectivity index (χ0v) is 10.7. The predicted octanol–water partition coefficient (Wildman–Crippen LogP) is 2.74. The topological polar surface area (TPSA) is 58.3 Å².